The van der Waals surface area contributed by atoms with E-state index in [2.05, 4.69) is 4.90 Å². The van der Waals surface area contributed by atoms with E-state index in [0.29, 0.717) is 26.8 Å². The summed E-state index contributed by atoms with van der Waals surface area (Å²) in [6.07, 6.45) is 0. The first-order valence-corrected chi connectivity index (χ1v) is 10.3. The van der Waals surface area contributed by atoms with Crippen molar-refractivity contribution in [3.8, 4) is 5.69 Å². The minimum Gasteiger partial charge on any atom is -0.379 e. The van der Waals surface area contributed by atoms with Gasteiger partial charge in [0.25, 0.3) is 5.56 Å². The van der Waals surface area contributed by atoms with Crippen molar-refractivity contribution in [3.63, 3.8) is 0 Å². The molecule has 1 fully saturated rings. The SMILES string of the molecule is O=c1c2ccccc2nc(SCCN2CCOCC2)n1-c1ccccc1Cl. The van der Waals surface area contributed by atoms with Gasteiger partial charge in [-0.15, -0.1) is 0 Å². The fraction of sp³-hybridized carbons (Fsp3) is 0.300. The lowest BCUT2D eigenvalue weighted by Gasteiger charge is -2.26. The summed E-state index contributed by atoms with van der Waals surface area (Å²) in [6.45, 7) is 4.39. The van der Waals surface area contributed by atoms with Crippen molar-refractivity contribution in [3.05, 3.63) is 63.9 Å². The molecule has 0 unspecified atom stereocenters. The molecule has 7 heteroatoms. The zero-order chi connectivity index (χ0) is 18.6. The highest BCUT2D eigenvalue weighted by Crippen LogP contribution is 2.25. The van der Waals surface area contributed by atoms with Gasteiger partial charge in [-0.05, 0) is 24.3 Å². The lowest BCUT2D eigenvalue weighted by atomic mass is 10.2. The van der Waals surface area contributed by atoms with Gasteiger partial charge in [0.05, 0.1) is 34.8 Å². The van der Waals surface area contributed by atoms with Gasteiger partial charge in [0.1, 0.15) is 0 Å². The second kappa shape index (κ2) is 8.44. The molecule has 27 heavy (non-hydrogen) atoms. The molecular weight excluding hydrogens is 382 g/mol. The van der Waals surface area contributed by atoms with Crippen LogP contribution in [0.5, 0.6) is 0 Å². The van der Waals surface area contributed by atoms with Gasteiger partial charge in [0, 0.05) is 25.4 Å². The molecule has 2 aromatic carbocycles. The van der Waals surface area contributed by atoms with Crippen LogP contribution in [0.15, 0.2) is 58.5 Å². The number of para-hydroxylation sites is 2. The van der Waals surface area contributed by atoms with Crippen molar-refractivity contribution in [1.82, 2.24) is 14.5 Å². The Kier molecular flexibility index (Phi) is 5.78. The minimum absolute atomic E-state index is 0.0948. The van der Waals surface area contributed by atoms with Crippen LogP contribution in [0.2, 0.25) is 5.02 Å². The average Bonchev–Trinajstić information content (AvgIpc) is 2.70. The molecule has 2 heterocycles. The predicted octanol–water partition coefficient (Wildman–Crippen LogP) is 3.46. The highest BCUT2D eigenvalue weighted by atomic mass is 35.5. The standard InChI is InChI=1S/C20H20ClN3O2S/c21-16-6-2-4-8-18(16)24-19(25)15-5-1-3-7-17(15)22-20(24)27-14-11-23-9-12-26-13-10-23/h1-8H,9-14H2. The van der Waals surface area contributed by atoms with Crippen molar-refractivity contribution < 1.29 is 4.74 Å². The number of rotatable bonds is 5. The Labute approximate surface area is 166 Å². The summed E-state index contributed by atoms with van der Waals surface area (Å²) in [6, 6.07) is 14.8. The van der Waals surface area contributed by atoms with E-state index in [9.17, 15) is 4.79 Å². The molecule has 0 spiro atoms. The molecule has 1 aromatic heterocycles. The first kappa shape index (κ1) is 18.5. The van der Waals surface area contributed by atoms with E-state index < -0.39 is 0 Å². The van der Waals surface area contributed by atoms with E-state index in [1.165, 1.54) is 0 Å². The van der Waals surface area contributed by atoms with Gasteiger partial charge < -0.3 is 4.74 Å². The van der Waals surface area contributed by atoms with E-state index >= 15 is 0 Å². The molecular formula is C20H20ClN3O2S. The Hall–Kier alpha value is -1.86. The van der Waals surface area contributed by atoms with E-state index in [4.69, 9.17) is 21.3 Å². The third kappa shape index (κ3) is 4.04. The number of morpholine rings is 1. The number of ether oxygens (including phenoxy) is 1. The fourth-order valence-corrected chi connectivity index (χ4v) is 4.37. The number of nitrogens with zero attached hydrogens (tertiary/aromatic N) is 3. The Morgan fingerprint density at radius 3 is 2.63 bits per heavy atom. The van der Waals surface area contributed by atoms with Gasteiger partial charge >= 0.3 is 0 Å². The van der Waals surface area contributed by atoms with Gasteiger partial charge in [-0.1, -0.05) is 47.6 Å². The van der Waals surface area contributed by atoms with E-state index in [-0.39, 0.29) is 5.56 Å². The largest absolute Gasteiger partial charge is 0.379 e. The third-order valence-corrected chi connectivity index (χ3v) is 5.82. The Morgan fingerprint density at radius 1 is 1.07 bits per heavy atom. The van der Waals surface area contributed by atoms with E-state index in [0.717, 1.165) is 38.6 Å². The van der Waals surface area contributed by atoms with Crippen LogP contribution in [0.4, 0.5) is 0 Å². The summed E-state index contributed by atoms with van der Waals surface area (Å²) in [5.74, 6) is 0.842. The monoisotopic (exact) mass is 401 g/mol. The molecule has 5 nitrogen and oxygen atoms in total. The zero-order valence-electron chi connectivity index (χ0n) is 14.8. The maximum atomic E-state index is 13.2. The number of fused-ring (bicyclic) bond motifs is 1. The Balaban J connectivity index is 1.70. The van der Waals surface area contributed by atoms with Crippen LogP contribution in [-0.2, 0) is 4.74 Å². The van der Waals surface area contributed by atoms with Crippen LogP contribution in [0.25, 0.3) is 16.6 Å². The predicted molar refractivity (Wildman–Crippen MR) is 110 cm³/mol. The molecule has 0 bridgehead atoms. The number of hydrogen-bond donors (Lipinski definition) is 0. The Bertz CT molecular complexity index is 1000. The number of halogens is 1. The molecule has 4 rings (SSSR count). The summed E-state index contributed by atoms with van der Waals surface area (Å²) in [7, 11) is 0. The fourth-order valence-electron chi connectivity index (χ4n) is 3.15. The molecule has 0 aliphatic carbocycles. The highest BCUT2D eigenvalue weighted by molar-refractivity contribution is 7.99. The van der Waals surface area contributed by atoms with E-state index in [1.54, 1.807) is 28.5 Å². The number of aromatic nitrogens is 2. The van der Waals surface area contributed by atoms with Crippen LogP contribution in [-0.4, -0.2) is 53.1 Å². The average molecular weight is 402 g/mol. The second-order valence-corrected chi connectivity index (χ2v) is 7.78. The zero-order valence-corrected chi connectivity index (χ0v) is 16.4. The molecule has 1 aliphatic heterocycles. The van der Waals surface area contributed by atoms with Gasteiger partial charge in [0.15, 0.2) is 5.16 Å². The topological polar surface area (TPSA) is 47.4 Å². The molecule has 0 N–H and O–H groups in total. The van der Waals surface area contributed by atoms with Crippen molar-refractivity contribution in [2.45, 2.75) is 5.16 Å². The van der Waals surface area contributed by atoms with Crippen molar-refractivity contribution in [2.24, 2.45) is 0 Å². The van der Waals surface area contributed by atoms with Gasteiger partial charge in [-0.2, -0.15) is 0 Å². The van der Waals surface area contributed by atoms with Gasteiger partial charge in [0.2, 0.25) is 0 Å². The molecule has 1 aliphatic rings. The lowest BCUT2D eigenvalue weighted by Crippen LogP contribution is -2.37. The third-order valence-electron chi connectivity index (χ3n) is 4.58. The molecule has 0 radical (unpaired) electrons. The number of thioether (sulfide) groups is 1. The Morgan fingerprint density at radius 2 is 1.81 bits per heavy atom. The lowest BCUT2D eigenvalue weighted by molar-refractivity contribution is 0.0410. The molecule has 0 amide bonds. The number of hydrogen-bond acceptors (Lipinski definition) is 5. The summed E-state index contributed by atoms with van der Waals surface area (Å²) in [5, 5.41) is 1.79. The van der Waals surface area contributed by atoms with Gasteiger partial charge in [-0.3, -0.25) is 14.3 Å². The normalized spacial score (nSPS) is 15.3. The van der Waals surface area contributed by atoms with Crippen LogP contribution in [0.3, 0.4) is 0 Å². The summed E-state index contributed by atoms with van der Waals surface area (Å²) in [4.78, 5) is 20.3. The summed E-state index contributed by atoms with van der Waals surface area (Å²) < 4.78 is 7.03. The van der Waals surface area contributed by atoms with Crippen LogP contribution in [0, 0.1) is 0 Å². The first-order chi connectivity index (χ1) is 13.2. The smallest absolute Gasteiger partial charge is 0.266 e. The molecule has 0 atom stereocenters. The minimum atomic E-state index is -0.0948. The first-order valence-electron chi connectivity index (χ1n) is 8.93. The van der Waals surface area contributed by atoms with Crippen LogP contribution < -0.4 is 5.56 Å². The molecule has 3 aromatic rings. The molecule has 0 saturated carbocycles. The van der Waals surface area contributed by atoms with Gasteiger partial charge in [-0.25, -0.2) is 4.98 Å². The van der Waals surface area contributed by atoms with Crippen LogP contribution in [0.1, 0.15) is 0 Å². The number of benzene rings is 2. The molecule has 140 valence electrons. The van der Waals surface area contributed by atoms with Crippen molar-refractivity contribution in [2.75, 3.05) is 38.6 Å². The maximum Gasteiger partial charge on any atom is 0.266 e. The maximum absolute atomic E-state index is 13.2. The van der Waals surface area contributed by atoms with E-state index in [1.807, 2.05) is 36.4 Å². The quantitative estimate of drug-likeness (QED) is 0.484. The second-order valence-electron chi connectivity index (χ2n) is 6.31. The summed E-state index contributed by atoms with van der Waals surface area (Å²) >= 11 is 7.97. The van der Waals surface area contributed by atoms with Crippen molar-refractivity contribution >= 4 is 34.3 Å². The van der Waals surface area contributed by atoms with Crippen LogP contribution >= 0.6 is 23.4 Å². The summed E-state index contributed by atoms with van der Waals surface area (Å²) in [5.41, 5.74) is 1.28. The van der Waals surface area contributed by atoms with Crippen molar-refractivity contribution in [1.29, 1.82) is 0 Å². The highest BCUT2D eigenvalue weighted by Gasteiger charge is 2.16. The molecule has 1 saturated heterocycles.